The van der Waals surface area contributed by atoms with E-state index in [1.54, 1.807) is 27.4 Å². The van der Waals surface area contributed by atoms with Gasteiger partial charge in [-0.2, -0.15) is 18.2 Å². The summed E-state index contributed by atoms with van der Waals surface area (Å²) in [6.45, 7) is 18.6. The second kappa shape index (κ2) is 19.8. The van der Waals surface area contributed by atoms with E-state index >= 15 is 0 Å². The van der Waals surface area contributed by atoms with E-state index in [2.05, 4.69) is 165 Å². The van der Waals surface area contributed by atoms with E-state index < -0.39 is 0 Å². The third-order valence-electron chi connectivity index (χ3n) is 11.0. The molecule has 1 aliphatic rings. The molecule has 0 atom stereocenters. The molecule has 7 aromatic carbocycles. The average molecular weight is 848 g/mol. The maximum absolute atomic E-state index is 4.00. The molecule has 2 heteroatoms. The molecule has 0 heterocycles. The van der Waals surface area contributed by atoms with E-state index in [1.165, 1.54) is 116 Å². The summed E-state index contributed by atoms with van der Waals surface area (Å²) in [6.07, 6.45) is 9.22. The third-order valence-corrected chi connectivity index (χ3v) is 12.3. The summed E-state index contributed by atoms with van der Waals surface area (Å²) in [5.41, 5.74) is 13.4. The minimum Gasteiger partial charge on any atom is -1.00 e. The van der Waals surface area contributed by atoms with Crippen LogP contribution in [0.25, 0.3) is 54.9 Å². The van der Waals surface area contributed by atoms with Crippen LogP contribution in [0, 0.1) is 6.07 Å². The molecule has 0 saturated heterocycles. The van der Waals surface area contributed by atoms with Crippen molar-refractivity contribution >= 4 is 24.8 Å². The number of benzene rings is 6. The SMILES string of the molecule is CC(C)(C)c1cc2c([c-]c1-c1cccc3ccccc13)Cc1cc(-c3cccc4ccccc34)c(C(C)(C)C)cc1-2.CCCC[C](=[Zr])CCCC.[Cl-].c1cc[cH-]c1. The Bertz CT molecular complexity index is 2220. The number of halogens is 1. The number of fused-ring (bicyclic) bond motifs is 5. The van der Waals surface area contributed by atoms with E-state index in [1.807, 2.05) is 30.3 Å². The van der Waals surface area contributed by atoms with E-state index in [0.717, 1.165) is 6.42 Å². The number of hydrogen-bond acceptors (Lipinski definition) is 0. The molecule has 0 fully saturated rings. The first-order chi connectivity index (χ1) is 26.9. The van der Waals surface area contributed by atoms with Crippen LogP contribution in [0.2, 0.25) is 0 Å². The Hall–Kier alpha value is -3.77. The smallest absolute Gasteiger partial charge is 0.172 e. The van der Waals surface area contributed by atoms with Crippen molar-refractivity contribution in [1.29, 1.82) is 0 Å². The summed E-state index contributed by atoms with van der Waals surface area (Å²) in [5, 5.41) is 5.17. The van der Waals surface area contributed by atoms with Gasteiger partial charge in [-0.25, -0.2) is 12.1 Å². The van der Waals surface area contributed by atoms with Crippen LogP contribution in [0.5, 0.6) is 0 Å². The van der Waals surface area contributed by atoms with Gasteiger partial charge in [0.15, 0.2) is 0 Å². The number of hydrogen-bond donors (Lipinski definition) is 0. The second-order valence-electron chi connectivity index (χ2n) is 17.5. The van der Waals surface area contributed by atoms with E-state index in [9.17, 15) is 0 Å². The van der Waals surface area contributed by atoms with Gasteiger partial charge >= 0.3 is 79.8 Å². The molecule has 0 unspecified atom stereocenters. The molecule has 0 amide bonds. The first-order valence-corrected chi connectivity index (χ1v) is 22.1. The van der Waals surface area contributed by atoms with Gasteiger partial charge < -0.3 is 12.4 Å². The van der Waals surface area contributed by atoms with Crippen molar-refractivity contribution in [2.45, 2.75) is 111 Å². The molecule has 0 spiro atoms. The summed E-state index contributed by atoms with van der Waals surface area (Å²) in [6, 6.07) is 52.4. The summed E-state index contributed by atoms with van der Waals surface area (Å²) >= 11 is 1.67. The Morgan fingerprint density at radius 1 is 0.579 bits per heavy atom. The molecule has 294 valence electrons. The van der Waals surface area contributed by atoms with Crippen LogP contribution in [0.1, 0.15) is 116 Å². The molecule has 7 aromatic rings. The van der Waals surface area contributed by atoms with Crippen molar-refractivity contribution in [3.8, 4) is 33.4 Å². The van der Waals surface area contributed by atoms with Crippen molar-refractivity contribution in [2.75, 3.05) is 0 Å². The third kappa shape index (κ3) is 10.7. The predicted octanol–water partition coefficient (Wildman–Crippen LogP) is 12.8. The quantitative estimate of drug-likeness (QED) is 0.134. The minimum absolute atomic E-state index is 0. The second-order valence-corrected chi connectivity index (χ2v) is 19.2. The summed E-state index contributed by atoms with van der Waals surface area (Å²) in [5.74, 6) is 0. The molecule has 0 aliphatic heterocycles. The Labute approximate surface area is 365 Å². The first-order valence-electron chi connectivity index (χ1n) is 20.9. The molecule has 1 aliphatic carbocycles. The molecule has 8 rings (SSSR count). The molecule has 57 heavy (non-hydrogen) atoms. The van der Waals surface area contributed by atoms with Crippen molar-refractivity contribution < 1.29 is 36.6 Å². The monoisotopic (exact) mass is 845 g/mol. The van der Waals surface area contributed by atoms with E-state index in [0.29, 0.717) is 0 Å². The fourth-order valence-electron chi connectivity index (χ4n) is 7.98. The van der Waals surface area contributed by atoms with Crippen LogP contribution >= 0.6 is 0 Å². The van der Waals surface area contributed by atoms with Gasteiger partial charge in [0.1, 0.15) is 0 Å². The number of rotatable bonds is 8. The van der Waals surface area contributed by atoms with Gasteiger partial charge in [0.2, 0.25) is 0 Å². The summed E-state index contributed by atoms with van der Waals surface area (Å²) in [4.78, 5) is 0. The molecular formula is C55H60ClZr-3. The maximum atomic E-state index is 4.00. The van der Waals surface area contributed by atoms with Crippen LogP contribution < -0.4 is 12.4 Å². The Balaban J connectivity index is 0.000000328. The first kappa shape index (κ1) is 44.3. The topological polar surface area (TPSA) is 0 Å². The Morgan fingerprint density at radius 3 is 1.61 bits per heavy atom. The normalized spacial score (nSPS) is 11.8. The van der Waals surface area contributed by atoms with Crippen molar-refractivity contribution in [2.24, 2.45) is 0 Å². The van der Waals surface area contributed by atoms with E-state index in [-0.39, 0.29) is 23.2 Å². The van der Waals surface area contributed by atoms with Gasteiger partial charge in [0, 0.05) is 0 Å². The van der Waals surface area contributed by atoms with Crippen molar-refractivity contribution in [3.63, 3.8) is 0 Å². The van der Waals surface area contributed by atoms with Crippen LogP contribution in [-0.4, -0.2) is 3.21 Å². The molecule has 0 aromatic heterocycles. The standard InChI is InChI=1S/C41H37.C9H18.C5H5.ClH.Zr/c1-40(2,3)38-24-34-28(22-36(38)32-19-11-15-26-13-7-9-17-30(26)32)21-29-23-37(39(25-35(29)34)41(4,5)6)33-20-12-16-27-14-8-10-18-31(27)33;1-3-5-7-9-8-6-4-2;1-2-4-5-3-1;;/h7-20,22,24-25H,21H2,1-6H3;3-8H2,1-2H3;1-5H;1H;/q-1;;-1;;/p-1. The van der Waals surface area contributed by atoms with Crippen LogP contribution in [0.15, 0.2) is 133 Å². The zero-order chi connectivity index (χ0) is 39.9. The molecular weight excluding hydrogens is 787 g/mol. The van der Waals surface area contributed by atoms with Gasteiger partial charge in [-0.05, 0) is 55.7 Å². The molecule has 0 bridgehead atoms. The molecule has 0 saturated carbocycles. The summed E-state index contributed by atoms with van der Waals surface area (Å²) < 4.78 is 1.79. The van der Waals surface area contributed by atoms with Crippen LogP contribution in [0.4, 0.5) is 0 Å². The minimum atomic E-state index is -0.0175. The fraction of sp³-hybridized carbons (Fsp3) is 0.309. The molecule has 0 nitrogen and oxygen atoms in total. The fourth-order valence-corrected chi connectivity index (χ4v) is 8.85. The largest absolute Gasteiger partial charge is 1.00 e. The Morgan fingerprint density at radius 2 is 1.09 bits per heavy atom. The van der Waals surface area contributed by atoms with Crippen LogP contribution in [-0.2, 0) is 41.5 Å². The van der Waals surface area contributed by atoms with Gasteiger partial charge in [-0.15, -0.1) is 28.8 Å². The van der Waals surface area contributed by atoms with Gasteiger partial charge in [0.05, 0.1) is 0 Å². The zero-order valence-electron chi connectivity index (χ0n) is 35.5. The summed E-state index contributed by atoms with van der Waals surface area (Å²) in [7, 11) is 0. The van der Waals surface area contributed by atoms with Gasteiger partial charge in [0.25, 0.3) is 0 Å². The number of unbranched alkanes of at least 4 members (excludes halogenated alkanes) is 2. The predicted molar refractivity (Wildman–Crippen MR) is 243 cm³/mol. The van der Waals surface area contributed by atoms with Gasteiger partial charge in [-0.1, -0.05) is 161 Å². The maximum Gasteiger partial charge on any atom is -0.172 e. The van der Waals surface area contributed by atoms with Crippen molar-refractivity contribution in [3.05, 3.63) is 162 Å². The van der Waals surface area contributed by atoms with Crippen LogP contribution in [0.3, 0.4) is 0 Å². The Kier molecular flexibility index (Phi) is 15.4. The van der Waals surface area contributed by atoms with E-state index in [4.69, 9.17) is 0 Å². The average Bonchev–Trinajstić information content (AvgIpc) is 3.89. The molecule has 0 radical (unpaired) electrons. The zero-order valence-corrected chi connectivity index (χ0v) is 38.7. The molecule has 0 N–H and O–H groups in total. The van der Waals surface area contributed by atoms with Gasteiger partial charge in [-0.3, -0.25) is 0 Å². The van der Waals surface area contributed by atoms with Crippen molar-refractivity contribution in [1.82, 2.24) is 0 Å².